The first-order valence-electron chi connectivity index (χ1n) is 13.4. The van der Waals surface area contributed by atoms with E-state index in [0.29, 0.717) is 12.1 Å². The second-order valence-corrected chi connectivity index (χ2v) is 10.5. The predicted molar refractivity (Wildman–Crippen MR) is 141 cm³/mol. The molecular formula is C31H32FN3O2. The molecule has 5 nitrogen and oxygen atoms in total. The highest BCUT2D eigenvalue weighted by atomic mass is 19.1. The number of para-hydroxylation sites is 1. The van der Waals surface area contributed by atoms with Gasteiger partial charge in [-0.1, -0.05) is 61.4 Å². The first kappa shape index (κ1) is 23.7. The third-order valence-electron chi connectivity index (χ3n) is 8.41. The molecule has 2 N–H and O–H groups in total. The maximum atomic E-state index is 14.2. The minimum absolute atomic E-state index is 0.00512. The topological polar surface area (TPSA) is 61.4 Å². The highest BCUT2D eigenvalue weighted by Crippen LogP contribution is 2.51. The largest absolute Gasteiger partial charge is 0.378 e. The average molecular weight is 498 g/mol. The Kier molecular flexibility index (Phi) is 6.41. The maximum absolute atomic E-state index is 14.2. The highest BCUT2D eigenvalue weighted by molar-refractivity contribution is 5.95. The lowest BCUT2D eigenvalue weighted by molar-refractivity contribution is -0.138. The summed E-state index contributed by atoms with van der Waals surface area (Å²) in [6.07, 6.45) is 4.43. The second kappa shape index (κ2) is 10.0. The molecule has 0 aromatic heterocycles. The number of hydrogen-bond donors (Lipinski definition) is 2. The van der Waals surface area contributed by atoms with Gasteiger partial charge in [-0.3, -0.25) is 9.59 Å². The quantitative estimate of drug-likeness (QED) is 0.474. The number of likely N-dealkylation sites (tertiary alicyclic amines) is 1. The Hall–Kier alpha value is -3.67. The van der Waals surface area contributed by atoms with Crippen LogP contribution in [0.3, 0.4) is 0 Å². The van der Waals surface area contributed by atoms with E-state index < -0.39 is 0 Å². The van der Waals surface area contributed by atoms with Crippen LogP contribution >= 0.6 is 0 Å². The zero-order valence-electron chi connectivity index (χ0n) is 20.8. The molecule has 5 atom stereocenters. The molecule has 5 unspecified atom stereocenters. The van der Waals surface area contributed by atoms with Crippen LogP contribution in [0, 0.1) is 17.7 Å². The lowest BCUT2D eigenvalue weighted by atomic mass is 9.79. The lowest BCUT2D eigenvalue weighted by Crippen LogP contribution is -2.50. The Morgan fingerprint density at radius 1 is 0.865 bits per heavy atom. The van der Waals surface area contributed by atoms with Crippen molar-refractivity contribution >= 4 is 17.5 Å². The van der Waals surface area contributed by atoms with E-state index in [1.807, 2.05) is 18.2 Å². The van der Waals surface area contributed by atoms with Crippen LogP contribution < -0.4 is 10.6 Å². The molecule has 0 spiro atoms. The van der Waals surface area contributed by atoms with E-state index in [-0.39, 0.29) is 47.6 Å². The summed E-state index contributed by atoms with van der Waals surface area (Å²) in [7, 11) is 0. The van der Waals surface area contributed by atoms with Crippen LogP contribution in [-0.2, 0) is 4.79 Å². The number of hydrogen-bond acceptors (Lipinski definition) is 3. The zero-order valence-corrected chi connectivity index (χ0v) is 20.8. The molecule has 2 fully saturated rings. The standard InChI is InChI=1S/C31H32FN3O2/c32-22-16-14-21(15-17-22)30(36)34-27-13-7-5-11-24(27)31(37)35-19-18-25-28(20-8-2-1-3-9-20)33-26-12-6-4-10-23(26)29(25)35/h1-4,6,8-10,12,14-17,24-25,27-29,33H,5,7,11,13,18-19H2,(H,34,36). The Morgan fingerprint density at radius 2 is 1.59 bits per heavy atom. The van der Waals surface area contributed by atoms with Gasteiger partial charge in [-0.2, -0.15) is 0 Å². The number of nitrogens with one attached hydrogen (secondary N) is 2. The Balaban J connectivity index is 1.27. The number of rotatable bonds is 4. The molecule has 2 heterocycles. The third kappa shape index (κ3) is 4.50. The number of carbonyl (C=O) groups excluding carboxylic acids is 2. The van der Waals surface area contributed by atoms with Gasteiger partial charge in [0.25, 0.3) is 5.91 Å². The summed E-state index contributed by atoms with van der Waals surface area (Å²) in [5.74, 6) is -0.464. The smallest absolute Gasteiger partial charge is 0.251 e. The summed E-state index contributed by atoms with van der Waals surface area (Å²) in [4.78, 5) is 29.2. The SMILES string of the molecule is O=C(NC1CCCCC1C(=O)N1CCC2C(c3ccccc3)Nc3ccccc3C21)c1ccc(F)cc1. The maximum Gasteiger partial charge on any atom is 0.251 e. The summed E-state index contributed by atoms with van der Waals surface area (Å²) in [6.45, 7) is 0.711. The number of nitrogens with zero attached hydrogens (tertiary/aromatic N) is 1. The fourth-order valence-corrected chi connectivity index (χ4v) is 6.63. The molecule has 37 heavy (non-hydrogen) atoms. The Morgan fingerprint density at radius 3 is 2.41 bits per heavy atom. The zero-order chi connectivity index (χ0) is 25.4. The molecule has 1 saturated carbocycles. The van der Waals surface area contributed by atoms with Gasteiger partial charge in [0, 0.05) is 29.8 Å². The van der Waals surface area contributed by atoms with Crippen molar-refractivity contribution in [2.75, 3.05) is 11.9 Å². The Labute approximate surface area is 217 Å². The molecule has 3 aromatic carbocycles. The van der Waals surface area contributed by atoms with E-state index in [2.05, 4.69) is 51.9 Å². The third-order valence-corrected chi connectivity index (χ3v) is 8.41. The summed E-state index contributed by atoms with van der Waals surface area (Å²) in [6, 6.07) is 24.3. The van der Waals surface area contributed by atoms with Crippen LogP contribution in [0.15, 0.2) is 78.9 Å². The van der Waals surface area contributed by atoms with Gasteiger partial charge in [0.05, 0.1) is 18.0 Å². The number of fused-ring (bicyclic) bond motifs is 3. The average Bonchev–Trinajstić information content (AvgIpc) is 3.39. The van der Waals surface area contributed by atoms with Gasteiger partial charge in [0.15, 0.2) is 0 Å². The van der Waals surface area contributed by atoms with Crippen molar-refractivity contribution in [3.8, 4) is 0 Å². The molecule has 0 bridgehead atoms. The van der Waals surface area contributed by atoms with Crippen molar-refractivity contribution in [1.29, 1.82) is 0 Å². The van der Waals surface area contributed by atoms with Crippen LogP contribution in [-0.4, -0.2) is 29.3 Å². The number of halogens is 1. The van der Waals surface area contributed by atoms with Crippen molar-refractivity contribution in [3.63, 3.8) is 0 Å². The Bertz CT molecular complexity index is 1280. The summed E-state index contributed by atoms with van der Waals surface area (Å²) in [5, 5.41) is 6.87. The van der Waals surface area contributed by atoms with E-state index in [9.17, 15) is 14.0 Å². The van der Waals surface area contributed by atoms with Crippen molar-refractivity contribution in [2.24, 2.45) is 11.8 Å². The molecule has 3 aromatic rings. The van der Waals surface area contributed by atoms with Crippen LogP contribution in [0.2, 0.25) is 0 Å². The van der Waals surface area contributed by atoms with E-state index in [0.717, 1.165) is 37.8 Å². The molecular weight excluding hydrogens is 465 g/mol. The van der Waals surface area contributed by atoms with Crippen LogP contribution in [0.5, 0.6) is 0 Å². The molecule has 6 rings (SSSR count). The van der Waals surface area contributed by atoms with Gasteiger partial charge in [-0.15, -0.1) is 0 Å². The minimum atomic E-state index is -0.373. The molecule has 6 heteroatoms. The van der Waals surface area contributed by atoms with Gasteiger partial charge < -0.3 is 15.5 Å². The summed E-state index contributed by atoms with van der Waals surface area (Å²) >= 11 is 0. The normalized spacial score (nSPS) is 26.5. The highest BCUT2D eigenvalue weighted by Gasteiger charge is 2.48. The van der Waals surface area contributed by atoms with Crippen molar-refractivity contribution in [1.82, 2.24) is 10.2 Å². The van der Waals surface area contributed by atoms with E-state index in [4.69, 9.17) is 0 Å². The molecule has 1 aliphatic carbocycles. The summed E-state index contributed by atoms with van der Waals surface area (Å²) in [5.41, 5.74) is 3.91. The van der Waals surface area contributed by atoms with Crippen molar-refractivity contribution in [3.05, 3.63) is 101 Å². The minimum Gasteiger partial charge on any atom is -0.378 e. The van der Waals surface area contributed by atoms with Crippen LogP contribution in [0.25, 0.3) is 0 Å². The monoisotopic (exact) mass is 497 g/mol. The van der Waals surface area contributed by atoms with Gasteiger partial charge in [0.2, 0.25) is 5.91 Å². The first-order chi connectivity index (χ1) is 18.1. The first-order valence-corrected chi connectivity index (χ1v) is 13.4. The molecule has 190 valence electrons. The van der Waals surface area contributed by atoms with Gasteiger partial charge in [0.1, 0.15) is 5.82 Å². The number of anilines is 1. The molecule has 2 aliphatic heterocycles. The number of benzene rings is 3. The summed E-state index contributed by atoms with van der Waals surface area (Å²) < 4.78 is 13.3. The van der Waals surface area contributed by atoms with E-state index in [1.54, 1.807) is 0 Å². The van der Waals surface area contributed by atoms with Crippen LogP contribution in [0.4, 0.5) is 10.1 Å². The number of amides is 2. The molecule has 2 amide bonds. The fraction of sp³-hybridized carbons (Fsp3) is 0.355. The van der Waals surface area contributed by atoms with Crippen molar-refractivity contribution in [2.45, 2.75) is 50.2 Å². The fourth-order valence-electron chi connectivity index (χ4n) is 6.63. The second-order valence-electron chi connectivity index (χ2n) is 10.5. The van der Waals surface area contributed by atoms with E-state index in [1.165, 1.54) is 35.4 Å². The van der Waals surface area contributed by atoms with Gasteiger partial charge >= 0.3 is 0 Å². The molecule has 1 saturated heterocycles. The van der Waals surface area contributed by atoms with Gasteiger partial charge in [-0.05, 0) is 60.7 Å². The lowest BCUT2D eigenvalue weighted by Gasteiger charge is -2.42. The molecule has 3 aliphatic rings. The van der Waals surface area contributed by atoms with Gasteiger partial charge in [-0.25, -0.2) is 4.39 Å². The molecule has 0 radical (unpaired) electrons. The predicted octanol–water partition coefficient (Wildman–Crippen LogP) is 5.87. The van der Waals surface area contributed by atoms with Crippen LogP contribution in [0.1, 0.15) is 65.7 Å². The number of carbonyl (C=O) groups is 2. The van der Waals surface area contributed by atoms with E-state index >= 15 is 0 Å². The van der Waals surface area contributed by atoms with Crippen molar-refractivity contribution < 1.29 is 14.0 Å².